The van der Waals surface area contributed by atoms with E-state index in [1.807, 2.05) is 32.0 Å². The van der Waals surface area contributed by atoms with Gasteiger partial charge < -0.3 is 0 Å². The van der Waals surface area contributed by atoms with Crippen LogP contribution >= 0.6 is 0 Å². The van der Waals surface area contributed by atoms with Crippen molar-refractivity contribution in [2.24, 2.45) is 5.92 Å². The van der Waals surface area contributed by atoms with E-state index in [0.717, 1.165) is 11.8 Å². The number of benzene rings is 1. The molecule has 0 N–H and O–H groups in total. The third-order valence-corrected chi connectivity index (χ3v) is 1.58. The van der Waals surface area contributed by atoms with Gasteiger partial charge in [0.05, 0.1) is 0 Å². The van der Waals surface area contributed by atoms with Crippen LogP contribution in [0.2, 0.25) is 0 Å². The average Bonchev–Trinajstić information content (AvgIpc) is 2.15. The Morgan fingerprint density at radius 1 is 1.31 bits per heavy atom. The van der Waals surface area contributed by atoms with Crippen molar-refractivity contribution in [3.05, 3.63) is 35.4 Å². The van der Waals surface area contributed by atoms with Crippen molar-refractivity contribution < 1.29 is 4.79 Å². The Balaban J connectivity index is 3.02. The lowest BCUT2D eigenvalue weighted by atomic mass is 10.1. The molecule has 0 atom stereocenters. The summed E-state index contributed by atoms with van der Waals surface area (Å²) in [6.07, 6.45) is 0.838. The molecular weight excluding hydrogens is 160 g/mol. The molecule has 1 rings (SSSR count). The summed E-state index contributed by atoms with van der Waals surface area (Å²) < 4.78 is 0. The van der Waals surface area contributed by atoms with Gasteiger partial charge in [0, 0.05) is 17.0 Å². The van der Waals surface area contributed by atoms with Gasteiger partial charge >= 0.3 is 0 Å². The van der Waals surface area contributed by atoms with Crippen molar-refractivity contribution in [1.29, 1.82) is 0 Å². The standard InChI is InChI=1S/C12H12O/c1-10(2)7-8-11-5-3-4-6-12(11)9-13/h3-6,9-10H,1-2H3. The quantitative estimate of drug-likeness (QED) is 0.470. The minimum Gasteiger partial charge on any atom is -0.298 e. The van der Waals surface area contributed by atoms with Crippen molar-refractivity contribution in [2.75, 3.05) is 0 Å². The summed E-state index contributed by atoms with van der Waals surface area (Å²) in [5.74, 6) is 6.34. The van der Waals surface area contributed by atoms with Crippen LogP contribution in [0.15, 0.2) is 24.3 Å². The second-order valence-electron chi connectivity index (χ2n) is 3.13. The van der Waals surface area contributed by atoms with Crippen molar-refractivity contribution in [3.63, 3.8) is 0 Å². The van der Waals surface area contributed by atoms with Crippen LogP contribution in [0.25, 0.3) is 0 Å². The molecule has 0 aromatic heterocycles. The normalized spacial score (nSPS) is 9.15. The summed E-state index contributed by atoms with van der Waals surface area (Å²) in [6.45, 7) is 4.05. The fourth-order valence-corrected chi connectivity index (χ4v) is 0.936. The Morgan fingerprint density at radius 2 is 2.00 bits per heavy atom. The number of carbonyl (C=O) groups is 1. The highest BCUT2D eigenvalue weighted by atomic mass is 16.1. The molecule has 0 aliphatic carbocycles. The predicted molar refractivity (Wildman–Crippen MR) is 53.5 cm³/mol. The van der Waals surface area contributed by atoms with Gasteiger partial charge in [-0.25, -0.2) is 0 Å². The van der Waals surface area contributed by atoms with Crippen LogP contribution < -0.4 is 0 Å². The maximum Gasteiger partial charge on any atom is 0.151 e. The number of hydrogen-bond acceptors (Lipinski definition) is 1. The lowest BCUT2D eigenvalue weighted by molar-refractivity contribution is 0.112. The van der Waals surface area contributed by atoms with E-state index in [2.05, 4.69) is 11.8 Å². The van der Waals surface area contributed by atoms with Gasteiger partial charge in [0.1, 0.15) is 0 Å². The van der Waals surface area contributed by atoms with Gasteiger partial charge in [-0.15, -0.1) is 0 Å². The number of aldehydes is 1. The van der Waals surface area contributed by atoms with Gasteiger partial charge in [-0.3, -0.25) is 4.79 Å². The molecule has 1 nitrogen and oxygen atoms in total. The molecule has 1 aromatic rings. The monoisotopic (exact) mass is 172 g/mol. The van der Waals surface area contributed by atoms with E-state index in [-0.39, 0.29) is 0 Å². The van der Waals surface area contributed by atoms with Crippen LogP contribution in [0.3, 0.4) is 0 Å². The third-order valence-electron chi connectivity index (χ3n) is 1.58. The van der Waals surface area contributed by atoms with E-state index < -0.39 is 0 Å². The first-order chi connectivity index (χ1) is 6.24. The Bertz CT molecular complexity index is 353. The molecule has 0 spiro atoms. The SMILES string of the molecule is CC(C)C#Cc1ccccc1C=O. The summed E-state index contributed by atoms with van der Waals surface area (Å²) in [5.41, 5.74) is 1.47. The molecule has 13 heavy (non-hydrogen) atoms. The molecule has 0 fully saturated rings. The van der Waals surface area contributed by atoms with E-state index in [1.165, 1.54) is 0 Å². The fourth-order valence-electron chi connectivity index (χ4n) is 0.936. The largest absolute Gasteiger partial charge is 0.298 e. The summed E-state index contributed by atoms with van der Waals surface area (Å²) >= 11 is 0. The topological polar surface area (TPSA) is 17.1 Å². The zero-order valence-corrected chi connectivity index (χ0v) is 7.87. The molecule has 0 amide bonds. The minimum absolute atomic E-state index is 0.333. The Hall–Kier alpha value is -1.55. The van der Waals surface area contributed by atoms with Crippen LogP contribution in [0.5, 0.6) is 0 Å². The van der Waals surface area contributed by atoms with Gasteiger partial charge in [0.2, 0.25) is 0 Å². The summed E-state index contributed by atoms with van der Waals surface area (Å²) in [5, 5.41) is 0. The van der Waals surface area contributed by atoms with Crippen LogP contribution in [-0.2, 0) is 0 Å². The van der Waals surface area contributed by atoms with Gasteiger partial charge in [0.15, 0.2) is 6.29 Å². The first-order valence-electron chi connectivity index (χ1n) is 4.30. The highest BCUT2D eigenvalue weighted by Crippen LogP contribution is 2.04. The molecule has 0 aliphatic rings. The lowest BCUT2D eigenvalue weighted by Gasteiger charge is -1.94. The predicted octanol–water partition coefficient (Wildman–Crippen LogP) is 2.51. The number of hydrogen-bond donors (Lipinski definition) is 0. The van der Waals surface area contributed by atoms with Gasteiger partial charge in [-0.05, 0) is 6.07 Å². The summed E-state index contributed by atoms with van der Waals surface area (Å²) in [7, 11) is 0. The van der Waals surface area contributed by atoms with Gasteiger partial charge in [-0.1, -0.05) is 43.9 Å². The van der Waals surface area contributed by atoms with Crippen molar-refractivity contribution in [1.82, 2.24) is 0 Å². The van der Waals surface area contributed by atoms with Gasteiger partial charge in [0.25, 0.3) is 0 Å². The van der Waals surface area contributed by atoms with Crippen molar-refractivity contribution >= 4 is 6.29 Å². The molecule has 0 aliphatic heterocycles. The van der Waals surface area contributed by atoms with E-state index in [4.69, 9.17) is 0 Å². The van der Waals surface area contributed by atoms with Crippen LogP contribution in [0.4, 0.5) is 0 Å². The zero-order chi connectivity index (χ0) is 9.68. The molecule has 0 saturated carbocycles. The minimum atomic E-state index is 0.333. The smallest absolute Gasteiger partial charge is 0.151 e. The van der Waals surface area contributed by atoms with Crippen molar-refractivity contribution in [3.8, 4) is 11.8 Å². The fraction of sp³-hybridized carbons (Fsp3) is 0.250. The van der Waals surface area contributed by atoms with E-state index in [0.29, 0.717) is 11.5 Å². The molecular formula is C12H12O. The molecule has 0 unspecified atom stereocenters. The zero-order valence-electron chi connectivity index (χ0n) is 7.87. The molecule has 0 heterocycles. The van der Waals surface area contributed by atoms with E-state index >= 15 is 0 Å². The van der Waals surface area contributed by atoms with Crippen LogP contribution in [0, 0.1) is 17.8 Å². The molecule has 1 heteroatoms. The Kier molecular flexibility index (Phi) is 3.28. The maximum absolute atomic E-state index is 10.6. The molecule has 0 bridgehead atoms. The van der Waals surface area contributed by atoms with Crippen LogP contribution in [-0.4, -0.2) is 6.29 Å². The molecule has 0 radical (unpaired) electrons. The first-order valence-corrected chi connectivity index (χ1v) is 4.30. The number of carbonyl (C=O) groups excluding carboxylic acids is 1. The number of rotatable bonds is 1. The molecule has 66 valence electrons. The van der Waals surface area contributed by atoms with E-state index in [9.17, 15) is 4.79 Å². The van der Waals surface area contributed by atoms with Gasteiger partial charge in [-0.2, -0.15) is 0 Å². The van der Waals surface area contributed by atoms with Crippen LogP contribution in [0.1, 0.15) is 29.8 Å². The first kappa shape index (κ1) is 9.54. The van der Waals surface area contributed by atoms with E-state index in [1.54, 1.807) is 6.07 Å². The third kappa shape index (κ3) is 2.76. The lowest BCUT2D eigenvalue weighted by Crippen LogP contribution is -1.86. The highest BCUT2D eigenvalue weighted by molar-refractivity contribution is 5.79. The summed E-state index contributed by atoms with van der Waals surface area (Å²) in [4.78, 5) is 10.6. The Morgan fingerprint density at radius 3 is 2.62 bits per heavy atom. The average molecular weight is 172 g/mol. The highest BCUT2D eigenvalue weighted by Gasteiger charge is 1.95. The van der Waals surface area contributed by atoms with Crippen molar-refractivity contribution in [2.45, 2.75) is 13.8 Å². The Labute approximate surface area is 78.8 Å². The molecule has 0 saturated heterocycles. The summed E-state index contributed by atoms with van der Waals surface area (Å²) in [6, 6.07) is 7.36. The molecule has 1 aromatic carbocycles. The maximum atomic E-state index is 10.6. The second kappa shape index (κ2) is 4.47. The second-order valence-corrected chi connectivity index (χ2v) is 3.13.